The van der Waals surface area contributed by atoms with E-state index in [0.29, 0.717) is 5.92 Å². The van der Waals surface area contributed by atoms with Crippen molar-refractivity contribution in [2.45, 2.75) is 18.9 Å². The summed E-state index contributed by atoms with van der Waals surface area (Å²) >= 11 is 0. The fraction of sp³-hybridized carbons (Fsp3) is 0.909. The Morgan fingerprint density at radius 1 is 1.07 bits per heavy atom. The van der Waals surface area contributed by atoms with Crippen LogP contribution in [0.25, 0.3) is 0 Å². The van der Waals surface area contributed by atoms with Crippen LogP contribution in [0.5, 0.6) is 0 Å². The highest BCUT2D eigenvalue weighted by atomic mass is 16.5. The predicted molar refractivity (Wildman–Crippen MR) is 55.3 cm³/mol. The number of hydrogen-bond donors (Lipinski definition) is 0. The summed E-state index contributed by atoms with van der Waals surface area (Å²) in [4.78, 5) is 2.26. The Morgan fingerprint density at radius 3 is 2.27 bits per heavy atom. The van der Waals surface area contributed by atoms with Gasteiger partial charge in [0.15, 0.2) is 0 Å². The zero-order valence-electron chi connectivity index (χ0n) is 9.02. The zero-order valence-corrected chi connectivity index (χ0v) is 9.02. The summed E-state index contributed by atoms with van der Waals surface area (Å²) < 4.78 is 10.6. The maximum atomic E-state index is 9.26. The van der Waals surface area contributed by atoms with Crippen LogP contribution in [-0.4, -0.2) is 50.5 Å². The zero-order chi connectivity index (χ0) is 10.5. The first-order chi connectivity index (χ1) is 7.42. The third kappa shape index (κ3) is 2.69. The van der Waals surface area contributed by atoms with Crippen LogP contribution in [0.3, 0.4) is 0 Å². The van der Waals surface area contributed by atoms with Gasteiger partial charge < -0.3 is 9.47 Å². The molecule has 4 heteroatoms. The molecular formula is C11H18N2O2. The molecular weight excluding hydrogens is 192 g/mol. The fourth-order valence-electron chi connectivity index (χ4n) is 2.37. The molecule has 0 radical (unpaired) electrons. The first kappa shape index (κ1) is 10.9. The second kappa shape index (κ2) is 5.45. The van der Waals surface area contributed by atoms with Gasteiger partial charge in [-0.2, -0.15) is 5.26 Å². The Balaban J connectivity index is 1.92. The van der Waals surface area contributed by atoms with Crippen molar-refractivity contribution >= 4 is 0 Å². The van der Waals surface area contributed by atoms with Crippen molar-refractivity contribution in [1.82, 2.24) is 4.90 Å². The van der Waals surface area contributed by atoms with Gasteiger partial charge >= 0.3 is 0 Å². The van der Waals surface area contributed by atoms with Crippen molar-refractivity contribution in [3.63, 3.8) is 0 Å². The van der Waals surface area contributed by atoms with E-state index in [1.165, 1.54) is 0 Å². The molecule has 0 aromatic carbocycles. The van der Waals surface area contributed by atoms with E-state index in [1.54, 1.807) is 0 Å². The molecule has 2 aliphatic heterocycles. The maximum Gasteiger partial charge on any atom is 0.101 e. The molecule has 1 atom stereocenters. The first-order valence-corrected chi connectivity index (χ1v) is 5.71. The van der Waals surface area contributed by atoms with Crippen molar-refractivity contribution in [1.29, 1.82) is 5.26 Å². The van der Waals surface area contributed by atoms with E-state index in [-0.39, 0.29) is 6.04 Å². The van der Waals surface area contributed by atoms with E-state index in [4.69, 9.17) is 9.47 Å². The van der Waals surface area contributed by atoms with Crippen LogP contribution in [0, 0.1) is 17.2 Å². The normalized spacial score (nSPS) is 27.1. The molecule has 2 aliphatic rings. The number of ether oxygens (including phenoxy) is 2. The van der Waals surface area contributed by atoms with E-state index in [9.17, 15) is 5.26 Å². The molecule has 2 saturated heterocycles. The summed E-state index contributed by atoms with van der Waals surface area (Å²) in [5.41, 5.74) is 0. The van der Waals surface area contributed by atoms with Gasteiger partial charge in [0.05, 0.1) is 19.3 Å². The number of rotatable bonds is 2. The quantitative estimate of drug-likeness (QED) is 0.671. The minimum atomic E-state index is 0.0674. The van der Waals surface area contributed by atoms with Crippen molar-refractivity contribution in [3.8, 4) is 6.07 Å². The Hall–Kier alpha value is -0.630. The lowest BCUT2D eigenvalue weighted by Crippen LogP contribution is -2.47. The largest absolute Gasteiger partial charge is 0.381 e. The average Bonchev–Trinajstić information content (AvgIpc) is 2.33. The van der Waals surface area contributed by atoms with Gasteiger partial charge in [0, 0.05) is 26.3 Å². The highest BCUT2D eigenvalue weighted by Crippen LogP contribution is 2.23. The highest BCUT2D eigenvalue weighted by Gasteiger charge is 2.29. The molecule has 0 aliphatic carbocycles. The third-order valence-electron chi connectivity index (χ3n) is 3.28. The number of morpholine rings is 1. The van der Waals surface area contributed by atoms with E-state index >= 15 is 0 Å². The lowest BCUT2D eigenvalue weighted by Gasteiger charge is -2.36. The summed E-state index contributed by atoms with van der Waals surface area (Å²) in [7, 11) is 0. The van der Waals surface area contributed by atoms with Crippen molar-refractivity contribution in [2.24, 2.45) is 5.92 Å². The van der Waals surface area contributed by atoms with Crippen molar-refractivity contribution < 1.29 is 9.47 Å². The van der Waals surface area contributed by atoms with Crippen LogP contribution in [0.15, 0.2) is 0 Å². The molecule has 2 fully saturated rings. The van der Waals surface area contributed by atoms with Gasteiger partial charge in [-0.3, -0.25) is 4.90 Å². The smallest absolute Gasteiger partial charge is 0.101 e. The van der Waals surface area contributed by atoms with Gasteiger partial charge in [0.1, 0.15) is 6.04 Å². The molecule has 0 spiro atoms. The molecule has 0 bridgehead atoms. The summed E-state index contributed by atoms with van der Waals surface area (Å²) in [6, 6.07) is 2.52. The summed E-state index contributed by atoms with van der Waals surface area (Å²) in [5.74, 6) is 0.488. The van der Waals surface area contributed by atoms with Gasteiger partial charge in [-0.1, -0.05) is 0 Å². The fourth-order valence-corrected chi connectivity index (χ4v) is 2.37. The molecule has 2 rings (SSSR count). The predicted octanol–water partition coefficient (Wildman–Crippen LogP) is 0.637. The Morgan fingerprint density at radius 2 is 1.67 bits per heavy atom. The molecule has 1 unspecified atom stereocenters. The van der Waals surface area contributed by atoms with Crippen LogP contribution >= 0.6 is 0 Å². The molecule has 0 saturated carbocycles. The summed E-state index contributed by atoms with van der Waals surface area (Å²) in [6.45, 7) is 4.95. The lowest BCUT2D eigenvalue weighted by atomic mass is 9.91. The van der Waals surface area contributed by atoms with Gasteiger partial charge in [0.25, 0.3) is 0 Å². The second-order valence-electron chi connectivity index (χ2n) is 4.17. The van der Waals surface area contributed by atoms with Gasteiger partial charge in [-0.25, -0.2) is 0 Å². The van der Waals surface area contributed by atoms with Crippen molar-refractivity contribution in [2.75, 3.05) is 39.5 Å². The Labute approximate surface area is 90.8 Å². The SMILES string of the molecule is N#CC(C1CCOCC1)N1CCOCC1. The van der Waals surface area contributed by atoms with Crippen LogP contribution in [0.4, 0.5) is 0 Å². The summed E-state index contributed by atoms with van der Waals surface area (Å²) in [6.07, 6.45) is 2.05. The van der Waals surface area contributed by atoms with Gasteiger partial charge in [0.2, 0.25) is 0 Å². The topological polar surface area (TPSA) is 45.5 Å². The van der Waals surface area contributed by atoms with Crippen LogP contribution in [0.2, 0.25) is 0 Å². The van der Waals surface area contributed by atoms with Gasteiger partial charge in [-0.05, 0) is 18.8 Å². The molecule has 0 aromatic heterocycles. The minimum absolute atomic E-state index is 0.0674. The highest BCUT2D eigenvalue weighted by molar-refractivity contribution is 4.97. The molecule has 0 N–H and O–H groups in total. The monoisotopic (exact) mass is 210 g/mol. The standard InChI is InChI=1S/C11H18N2O2/c12-9-11(10-1-5-14-6-2-10)13-3-7-15-8-4-13/h10-11H,1-8H2. The second-order valence-corrected chi connectivity index (χ2v) is 4.17. The minimum Gasteiger partial charge on any atom is -0.381 e. The van der Waals surface area contributed by atoms with Crippen molar-refractivity contribution in [3.05, 3.63) is 0 Å². The number of nitrogens with zero attached hydrogens (tertiary/aromatic N) is 2. The first-order valence-electron chi connectivity index (χ1n) is 5.71. The van der Waals surface area contributed by atoms with Crippen LogP contribution in [0.1, 0.15) is 12.8 Å². The average molecular weight is 210 g/mol. The molecule has 15 heavy (non-hydrogen) atoms. The van der Waals surface area contributed by atoms with E-state index in [1.807, 2.05) is 0 Å². The molecule has 0 aromatic rings. The lowest BCUT2D eigenvalue weighted by molar-refractivity contribution is -0.00657. The summed E-state index contributed by atoms with van der Waals surface area (Å²) in [5, 5.41) is 9.26. The van der Waals surface area contributed by atoms with E-state index in [0.717, 1.165) is 52.4 Å². The van der Waals surface area contributed by atoms with E-state index in [2.05, 4.69) is 11.0 Å². The Bertz CT molecular complexity index is 209. The van der Waals surface area contributed by atoms with Crippen LogP contribution in [-0.2, 0) is 9.47 Å². The molecule has 0 amide bonds. The number of hydrogen-bond acceptors (Lipinski definition) is 4. The molecule has 2 heterocycles. The van der Waals surface area contributed by atoms with Crippen LogP contribution < -0.4 is 0 Å². The van der Waals surface area contributed by atoms with Gasteiger partial charge in [-0.15, -0.1) is 0 Å². The maximum absolute atomic E-state index is 9.26. The molecule has 4 nitrogen and oxygen atoms in total. The number of nitriles is 1. The van der Waals surface area contributed by atoms with E-state index < -0.39 is 0 Å². The Kier molecular flexibility index (Phi) is 3.95. The molecule has 84 valence electrons. The third-order valence-corrected chi connectivity index (χ3v) is 3.28.